The number of rotatable bonds is 8. The highest BCUT2D eigenvalue weighted by atomic mass is 16.5. The largest absolute Gasteiger partial charge is 0.490 e. The van der Waals surface area contributed by atoms with Gasteiger partial charge in [0.25, 0.3) is 0 Å². The number of aliphatic hydroxyl groups excluding tert-OH is 1. The van der Waals surface area contributed by atoms with E-state index in [4.69, 9.17) is 9.47 Å². The molecular formula is C17H27NO3. The number of likely N-dealkylation sites (N-methyl/N-ethyl adjacent to an activating group) is 1. The van der Waals surface area contributed by atoms with Gasteiger partial charge in [0, 0.05) is 25.8 Å². The molecule has 2 rings (SSSR count). The average Bonchev–Trinajstić information content (AvgIpc) is 2.94. The van der Waals surface area contributed by atoms with Gasteiger partial charge in [0.2, 0.25) is 0 Å². The van der Waals surface area contributed by atoms with Gasteiger partial charge in [-0.2, -0.15) is 0 Å². The van der Waals surface area contributed by atoms with Crippen molar-refractivity contribution in [1.29, 1.82) is 0 Å². The monoisotopic (exact) mass is 293 g/mol. The lowest BCUT2D eigenvalue weighted by atomic mass is 10.1. The Morgan fingerprint density at radius 3 is 2.71 bits per heavy atom. The fourth-order valence-corrected chi connectivity index (χ4v) is 2.90. The summed E-state index contributed by atoms with van der Waals surface area (Å²) in [5, 5.41) is 9.80. The van der Waals surface area contributed by atoms with Crippen molar-refractivity contribution in [2.75, 3.05) is 27.3 Å². The molecule has 0 saturated heterocycles. The summed E-state index contributed by atoms with van der Waals surface area (Å²) >= 11 is 0. The van der Waals surface area contributed by atoms with Crippen LogP contribution in [0.2, 0.25) is 0 Å². The number of hydrogen-bond acceptors (Lipinski definition) is 4. The fraction of sp³-hybridized carbons (Fsp3) is 0.647. The molecule has 1 aromatic carbocycles. The number of aliphatic hydroxyl groups is 1. The molecule has 1 fully saturated rings. The number of benzene rings is 1. The molecule has 0 aliphatic heterocycles. The number of nitrogens with zero attached hydrogens (tertiary/aromatic N) is 1. The molecule has 0 radical (unpaired) electrons. The van der Waals surface area contributed by atoms with Crippen LogP contribution >= 0.6 is 0 Å². The van der Waals surface area contributed by atoms with Crippen LogP contribution in [0.3, 0.4) is 0 Å². The summed E-state index contributed by atoms with van der Waals surface area (Å²) in [7, 11) is 3.61. The molecule has 1 aliphatic carbocycles. The summed E-state index contributed by atoms with van der Waals surface area (Å²) in [6.45, 7) is 1.72. The van der Waals surface area contributed by atoms with Crippen LogP contribution in [0, 0.1) is 0 Å². The van der Waals surface area contributed by atoms with E-state index >= 15 is 0 Å². The van der Waals surface area contributed by atoms with Crippen molar-refractivity contribution < 1.29 is 14.6 Å². The van der Waals surface area contributed by atoms with E-state index in [0.717, 1.165) is 25.1 Å². The van der Waals surface area contributed by atoms with Crippen LogP contribution in [0.15, 0.2) is 24.3 Å². The molecule has 1 saturated carbocycles. The van der Waals surface area contributed by atoms with Crippen molar-refractivity contribution in [3.63, 3.8) is 0 Å². The van der Waals surface area contributed by atoms with Crippen molar-refractivity contribution in [2.45, 2.75) is 44.4 Å². The Hall–Kier alpha value is -1.10. The Kier molecular flexibility index (Phi) is 6.49. The third-order valence-electron chi connectivity index (χ3n) is 3.89. The van der Waals surface area contributed by atoms with Gasteiger partial charge in [-0.1, -0.05) is 18.2 Å². The minimum absolute atomic E-state index is 0.366. The predicted octanol–water partition coefficient (Wildman–Crippen LogP) is 2.45. The van der Waals surface area contributed by atoms with Gasteiger partial charge in [-0.05, 0) is 38.8 Å². The Labute approximate surface area is 127 Å². The van der Waals surface area contributed by atoms with Crippen LogP contribution in [0.4, 0.5) is 0 Å². The zero-order chi connectivity index (χ0) is 15.1. The van der Waals surface area contributed by atoms with Gasteiger partial charge in [0.05, 0.1) is 18.8 Å². The highest BCUT2D eigenvalue weighted by Crippen LogP contribution is 2.27. The van der Waals surface area contributed by atoms with E-state index in [-0.39, 0.29) is 0 Å². The summed E-state index contributed by atoms with van der Waals surface area (Å²) in [4.78, 5) is 2.10. The van der Waals surface area contributed by atoms with Crippen LogP contribution in [0.1, 0.15) is 31.2 Å². The first-order valence-corrected chi connectivity index (χ1v) is 7.79. The predicted molar refractivity (Wildman–Crippen MR) is 83.5 cm³/mol. The summed E-state index contributed by atoms with van der Waals surface area (Å²) in [5.74, 6) is 0.984. The number of para-hydroxylation sites is 1. The molecule has 0 bridgehead atoms. The van der Waals surface area contributed by atoms with E-state index < -0.39 is 6.10 Å². The first-order chi connectivity index (χ1) is 10.2. The normalized spacial score (nSPS) is 17.3. The van der Waals surface area contributed by atoms with E-state index in [2.05, 4.69) is 11.0 Å². The fourth-order valence-electron chi connectivity index (χ4n) is 2.90. The van der Waals surface area contributed by atoms with Crippen molar-refractivity contribution in [1.82, 2.24) is 4.90 Å². The molecule has 21 heavy (non-hydrogen) atoms. The Bertz CT molecular complexity index is 418. The molecule has 0 spiro atoms. The number of methoxy groups -OCH3 is 1. The van der Waals surface area contributed by atoms with Crippen LogP contribution in [-0.4, -0.2) is 49.5 Å². The summed E-state index contributed by atoms with van der Waals surface area (Å²) in [6.07, 6.45) is 4.79. The lowest BCUT2D eigenvalue weighted by molar-refractivity contribution is 0.0416. The highest BCUT2D eigenvalue weighted by molar-refractivity contribution is 5.33. The molecule has 4 heteroatoms. The van der Waals surface area contributed by atoms with Crippen LogP contribution in [0.25, 0.3) is 0 Å². The maximum atomic E-state index is 9.80. The third kappa shape index (κ3) is 5.30. The van der Waals surface area contributed by atoms with E-state index in [1.165, 1.54) is 18.4 Å². The highest BCUT2D eigenvalue weighted by Gasteiger charge is 2.18. The Morgan fingerprint density at radius 2 is 2.00 bits per heavy atom. The van der Waals surface area contributed by atoms with Gasteiger partial charge in [0.15, 0.2) is 0 Å². The second kappa shape index (κ2) is 8.37. The smallest absolute Gasteiger partial charge is 0.124 e. The van der Waals surface area contributed by atoms with Crippen molar-refractivity contribution in [3.8, 4) is 5.75 Å². The van der Waals surface area contributed by atoms with Crippen LogP contribution in [0.5, 0.6) is 5.75 Å². The molecule has 0 aromatic heterocycles. The second-order valence-corrected chi connectivity index (χ2v) is 5.94. The van der Waals surface area contributed by atoms with Crippen molar-refractivity contribution >= 4 is 0 Å². The summed E-state index contributed by atoms with van der Waals surface area (Å²) in [5.41, 5.74) is 1.18. The zero-order valence-corrected chi connectivity index (χ0v) is 13.1. The van der Waals surface area contributed by atoms with Crippen molar-refractivity contribution in [3.05, 3.63) is 29.8 Å². The standard InChI is InChI=1S/C17H27NO3/c1-18(12-15(19)13-20-2)11-14-7-3-6-10-17(14)21-16-8-4-5-9-16/h3,6-7,10,15-16,19H,4-5,8-9,11-13H2,1-2H3. The Balaban J connectivity index is 1.92. The molecule has 1 aliphatic rings. The molecule has 1 N–H and O–H groups in total. The summed E-state index contributed by atoms with van der Waals surface area (Å²) in [6, 6.07) is 8.21. The lowest BCUT2D eigenvalue weighted by Crippen LogP contribution is -2.31. The lowest BCUT2D eigenvalue weighted by Gasteiger charge is -2.22. The van der Waals surface area contributed by atoms with Gasteiger partial charge in [-0.15, -0.1) is 0 Å². The minimum Gasteiger partial charge on any atom is -0.490 e. The van der Waals surface area contributed by atoms with Gasteiger partial charge >= 0.3 is 0 Å². The molecule has 118 valence electrons. The van der Waals surface area contributed by atoms with Gasteiger partial charge in [0.1, 0.15) is 5.75 Å². The van der Waals surface area contributed by atoms with E-state index in [1.54, 1.807) is 7.11 Å². The third-order valence-corrected chi connectivity index (χ3v) is 3.89. The SMILES string of the molecule is COCC(O)CN(C)Cc1ccccc1OC1CCCC1. The topological polar surface area (TPSA) is 41.9 Å². The number of hydrogen-bond donors (Lipinski definition) is 1. The molecular weight excluding hydrogens is 266 g/mol. The van der Waals surface area contributed by atoms with Crippen LogP contribution in [-0.2, 0) is 11.3 Å². The summed E-state index contributed by atoms with van der Waals surface area (Å²) < 4.78 is 11.1. The first kappa shape index (κ1) is 16.3. The van der Waals surface area contributed by atoms with Gasteiger partial charge in [-0.25, -0.2) is 0 Å². The van der Waals surface area contributed by atoms with E-state index in [0.29, 0.717) is 19.3 Å². The molecule has 4 nitrogen and oxygen atoms in total. The van der Waals surface area contributed by atoms with Gasteiger partial charge in [-0.3, -0.25) is 4.90 Å². The molecule has 0 heterocycles. The quantitative estimate of drug-likeness (QED) is 0.799. The second-order valence-electron chi connectivity index (χ2n) is 5.94. The molecule has 0 amide bonds. The van der Waals surface area contributed by atoms with Gasteiger partial charge < -0.3 is 14.6 Å². The maximum absolute atomic E-state index is 9.80. The maximum Gasteiger partial charge on any atom is 0.124 e. The molecule has 1 aromatic rings. The molecule has 1 unspecified atom stereocenters. The first-order valence-electron chi connectivity index (χ1n) is 7.79. The van der Waals surface area contributed by atoms with E-state index in [1.807, 2.05) is 25.2 Å². The zero-order valence-electron chi connectivity index (χ0n) is 13.1. The van der Waals surface area contributed by atoms with Crippen LogP contribution < -0.4 is 4.74 Å². The Morgan fingerprint density at radius 1 is 1.29 bits per heavy atom. The number of ether oxygens (including phenoxy) is 2. The molecule has 1 atom stereocenters. The van der Waals surface area contributed by atoms with Crippen molar-refractivity contribution in [2.24, 2.45) is 0 Å². The van der Waals surface area contributed by atoms with E-state index in [9.17, 15) is 5.11 Å². The average molecular weight is 293 g/mol. The minimum atomic E-state index is -0.456.